The third-order valence-electron chi connectivity index (χ3n) is 3.58. The lowest BCUT2D eigenvalue weighted by Gasteiger charge is -2.22. The van der Waals surface area contributed by atoms with Crippen LogP contribution in [0.1, 0.15) is 18.1 Å². The Morgan fingerprint density at radius 1 is 1.09 bits per heavy atom. The van der Waals surface area contributed by atoms with Gasteiger partial charge in [0, 0.05) is 18.3 Å². The second-order valence-electron chi connectivity index (χ2n) is 5.25. The molecule has 0 N–H and O–H groups in total. The van der Waals surface area contributed by atoms with Crippen molar-refractivity contribution in [1.82, 2.24) is 0 Å². The fourth-order valence-electron chi connectivity index (χ4n) is 2.39. The van der Waals surface area contributed by atoms with Crippen LogP contribution in [0.4, 0.5) is 14.5 Å². The van der Waals surface area contributed by atoms with E-state index in [-0.39, 0.29) is 12.5 Å². The molecule has 0 atom stereocenters. The lowest BCUT2D eigenvalue weighted by atomic mass is 10.1. The molecule has 122 valence electrons. The van der Waals surface area contributed by atoms with E-state index in [0.29, 0.717) is 18.0 Å². The van der Waals surface area contributed by atoms with E-state index in [4.69, 9.17) is 4.74 Å². The first-order chi connectivity index (χ1) is 10.9. The van der Waals surface area contributed by atoms with Gasteiger partial charge in [0.1, 0.15) is 5.75 Å². The Morgan fingerprint density at radius 2 is 1.74 bits per heavy atom. The van der Waals surface area contributed by atoms with Crippen LogP contribution in [0.2, 0.25) is 0 Å². The van der Waals surface area contributed by atoms with Crippen molar-refractivity contribution in [2.24, 2.45) is 0 Å². The molecular formula is C18H19F2NO2. The number of rotatable bonds is 5. The molecule has 1 amide bonds. The van der Waals surface area contributed by atoms with Gasteiger partial charge in [0.25, 0.3) is 5.91 Å². The molecule has 0 radical (unpaired) electrons. The van der Waals surface area contributed by atoms with Gasteiger partial charge in [0.05, 0.1) is 0 Å². The molecular weight excluding hydrogens is 300 g/mol. The van der Waals surface area contributed by atoms with Crippen LogP contribution in [0.15, 0.2) is 36.4 Å². The lowest BCUT2D eigenvalue weighted by Crippen LogP contribution is -2.35. The van der Waals surface area contributed by atoms with E-state index >= 15 is 0 Å². The Hall–Kier alpha value is -2.43. The number of anilines is 1. The number of amides is 1. The van der Waals surface area contributed by atoms with E-state index in [9.17, 15) is 13.6 Å². The van der Waals surface area contributed by atoms with Crippen molar-refractivity contribution in [1.29, 1.82) is 0 Å². The Kier molecular flexibility index (Phi) is 5.32. The Balaban J connectivity index is 2.13. The molecule has 0 unspecified atom stereocenters. The van der Waals surface area contributed by atoms with E-state index in [0.717, 1.165) is 23.3 Å². The highest BCUT2D eigenvalue weighted by Gasteiger charge is 2.17. The van der Waals surface area contributed by atoms with Gasteiger partial charge in [-0.25, -0.2) is 8.78 Å². The molecule has 2 aromatic rings. The van der Waals surface area contributed by atoms with E-state index < -0.39 is 11.6 Å². The average Bonchev–Trinajstić information content (AvgIpc) is 2.51. The van der Waals surface area contributed by atoms with E-state index in [1.54, 1.807) is 6.92 Å². The smallest absolute Gasteiger partial charge is 0.264 e. The van der Waals surface area contributed by atoms with Crippen LogP contribution in [-0.4, -0.2) is 19.1 Å². The minimum absolute atomic E-state index is 0.168. The topological polar surface area (TPSA) is 29.5 Å². The van der Waals surface area contributed by atoms with Crippen molar-refractivity contribution in [3.63, 3.8) is 0 Å². The molecule has 0 aliphatic heterocycles. The van der Waals surface area contributed by atoms with Crippen LogP contribution in [0, 0.1) is 25.5 Å². The van der Waals surface area contributed by atoms with E-state index in [2.05, 4.69) is 0 Å². The maximum atomic E-state index is 13.4. The van der Waals surface area contributed by atoms with Gasteiger partial charge in [0.2, 0.25) is 0 Å². The van der Waals surface area contributed by atoms with Gasteiger partial charge >= 0.3 is 0 Å². The molecule has 0 saturated heterocycles. The summed E-state index contributed by atoms with van der Waals surface area (Å²) >= 11 is 0. The van der Waals surface area contributed by atoms with E-state index in [1.807, 2.05) is 32.0 Å². The number of carbonyl (C=O) groups excluding carboxylic acids is 1. The van der Waals surface area contributed by atoms with Crippen molar-refractivity contribution in [3.8, 4) is 5.75 Å². The van der Waals surface area contributed by atoms with Crippen molar-refractivity contribution < 1.29 is 18.3 Å². The van der Waals surface area contributed by atoms with Gasteiger partial charge in [-0.05, 0) is 44.0 Å². The molecule has 0 aliphatic rings. The average molecular weight is 319 g/mol. The van der Waals surface area contributed by atoms with Crippen LogP contribution in [0.5, 0.6) is 5.75 Å². The molecule has 0 saturated carbocycles. The minimum Gasteiger partial charge on any atom is -0.483 e. The minimum atomic E-state index is -0.982. The van der Waals surface area contributed by atoms with Gasteiger partial charge < -0.3 is 9.64 Å². The molecule has 2 aromatic carbocycles. The second-order valence-corrected chi connectivity index (χ2v) is 5.25. The second kappa shape index (κ2) is 7.22. The fourth-order valence-corrected chi connectivity index (χ4v) is 2.39. The number of likely N-dealkylation sites (N-methyl/N-ethyl adjacent to an activating group) is 1. The van der Waals surface area contributed by atoms with Crippen LogP contribution in [0.25, 0.3) is 0 Å². The monoisotopic (exact) mass is 319 g/mol. The first kappa shape index (κ1) is 16.9. The number of benzene rings is 2. The number of nitrogens with zero attached hydrogens (tertiary/aromatic N) is 1. The number of ether oxygens (including phenoxy) is 1. The molecule has 0 heterocycles. The zero-order chi connectivity index (χ0) is 17.0. The summed E-state index contributed by atoms with van der Waals surface area (Å²) in [4.78, 5) is 13.7. The quantitative estimate of drug-likeness (QED) is 0.833. The highest BCUT2D eigenvalue weighted by molar-refractivity contribution is 5.94. The Labute approximate surface area is 134 Å². The van der Waals surface area contributed by atoms with E-state index in [1.165, 1.54) is 11.0 Å². The molecule has 3 nitrogen and oxygen atoms in total. The lowest BCUT2D eigenvalue weighted by molar-refractivity contribution is -0.120. The molecule has 2 rings (SSSR count). The number of aryl methyl sites for hydroxylation is 2. The summed E-state index contributed by atoms with van der Waals surface area (Å²) in [7, 11) is 0. The summed E-state index contributed by atoms with van der Waals surface area (Å²) in [5.41, 5.74) is 2.18. The maximum Gasteiger partial charge on any atom is 0.264 e. The van der Waals surface area contributed by atoms with Gasteiger partial charge in [-0.1, -0.05) is 18.2 Å². The summed E-state index contributed by atoms with van der Waals surface area (Å²) in [6, 6.07) is 9.11. The summed E-state index contributed by atoms with van der Waals surface area (Å²) < 4.78 is 32.0. The first-order valence-electron chi connectivity index (χ1n) is 7.38. The number of para-hydroxylation sites is 1. The van der Waals surface area contributed by atoms with Gasteiger partial charge in [-0.15, -0.1) is 0 Å². The number of hydrogen-bond donors (Lipinski definition) is 0. The SMILES string of the molecule is CCN(C(=O)COc1c(C)cccc1C)c1ccc(F)c(F)c1. The molecule has 5 heteroatoms. The van der Waals surface area contributed by atoms with Gasteiger partial charge in [0.15, 0.2) is 18.2 Å². The predicted octanol–water partition coefficient (Wildman–Crippen LogP) is 4.01. The third kappa shape index (κ3) is 3.86. The summed E-state index contributed by atoms with van der Waals surface area (Å²) in [5.74, 6) is -1.57. The molecule has 0 spiro atoms. The Bertz CT molecular complexity index is 696. The van der Waals surface area contributed by atoms with Crippen LogP contribution < -0.4 is 9.64 Å². The molecule has 0 bridgehead atoms. The van der Waals surface area contributed by atoms with Crippen molar-refractivity contribution in [3.05, 3.63) is 59.2 Å². The third-order valence-corrected chi connectivity index (χ3v) is 3.58. The normalized spacial score (nSPS) is 10.5. The fraction of sp³-hybridized carbons (Fsp3) is 0.278. The number of hydrogen-bond acceptors (Lipinski definition) is 2. The molecule has 0 aliphatic carbocycles. The van der Waals surface area contributed by atoms with Gasteiger partial charge in [-0.2, -0.15) is 0 Å². The van der Waals surface area contributed by atoms with Crippen molar-refractivity contribution in [2.45, 2.75) is 20.8 Å². The summed E-state index contributed by atoms with van der Waals surface area (Å²) in [6.07, 6.45) is 0. The summed E-state index contributed by atoms with van der Waals surface area (Å²) in [5, 5.41) is 0. The van der Waals surface area contributed by atoms with Crippen LogP contribution in [-0.2, 0) is 4.79 Å². The predicted molar refractivity (Wildman–Crippen MR) is 85.8 cm³/mol. The molecule has 23 heavy (non-hydrogen) atoms. The van der Waals surface area contributed by atoms with Crippen LogP contribution >= 0.6 is 0 Å². The standard InChI is InChI=1S/C18H19F2NO2/c1-4-21(14-8-9-15(19)16(20)10-14)17(22)11-23-18-12(2)6-5-7-13(18)3/h5-10H,4,11H2,1-3H3. The highest BCUT2D eigenvalue weighted by Crippen LogP contribution is 2.23. The Morgan fingerprint density at radius 3 is 2.30 bits per heavy atom. The zero-order valence-electron chi connectivity index (χ0n) is 13.4. The number of carbonyl (C=O) groups is 1. The summed E-state index contributed by atoms with van der Waals surface area (Å²) in [6.45, 7) is 5.73. The van der Waals surface area contributed by atoms with Crippen molar-refractivity contribution in [2.75, 3.05) is 18.1 Å². The maximum absolute atomic E-state index is 13.4. The van der Waals surface area contributed by atoms with Crippen molar-refractivity contribution >= 4 is 11.6 Å². The largest absolute Gasteiger partial charge is 0.483 e. The van der Waals surface area contributed by atoms with Gasteiger partial charge in [-0.3, -0.25) is 4.79 Å². The van der Waals surface area contributed by atoms with Crippen LogP contribution in [0.3, 0.4) is 0 Å². The number of halogens is 2. The zero-order valence-corrected chi connectivity index (χ0v) is 13.4. The first-order valence-corrected chi connectivity index (χ1v) is 7.38. The highest BCUT2D eigenvalue weighted by atomic mass is 19.2. The molecule has 0 aromatic heterocycles. The molecule has 0 fully saturated rings.